The molecule has 0 unspecified atom stereocenters. The summed E-state index contributed by atoms with van der Waals surface area (Å²) in [7, 11) is 0. The average Bonchev–Trinajstić information content (AvgIpc) is 3.46. The third kappa shape index (κ3) is 3.57. The van der Waals surface area contributed by atoms with Crippen LogP contribution in [0.4, 0.5) is 11.5 Å². The van der Waals surface area contributed by atoms with Crippen molar-refractivity contribution < 1.29 is 4.74 Å². The Hall–Kier alpha value is -2.38. The molecule has 0 amide bonds. The van der Waals surface area contributed by atoms with Crippen molar-refractivity contribution in [1.82, 2.24) is 19.4 Å². The number of hydrogen-bond donors (Lipinski definition) is 1. The van der Waals surface area contributed by atoms with E-state index in [0.717, 1.165) is 37.6 Å². The SMILES string of the molecule is Clc1cc(NCc2cn3cc(C4CC4)cc(N4CCOCC4)c3n2)ncn1. The van der Waals surface area contributed by atoms with Gasteiger partial charge in [0.2, 0.25) is 0 Å². The summed E-state index contributed by atoms with van der Waals surface area (Å²) in [6.45, 7) is 3.93. The highest BCUT2D eigenvalue weighted by molar-refractivity contribution is 6.29. The van der Waals surface area contributed by atoms with Gasteiger partial charge in [-0.3, -0.25) is 0 Å². The fourth-order valence-corrected chi connectivity index (χ4v) is 3.67. The van der Waals surface area contributed by atoms with Gasteiger partial charge >= 0.3 is 0 Å². The third-order valence-electron chi connectivity index (χ3n) is 5.09. The van der Waals surface area contributed by atoms with Gasteiger partial charge in [-0.15, -0.1) is 0 Å². The van der Waals surface area contributed by atoms with E-state index in [4.69, 9.17) is 21.3 Å². The molecule has 3 aromatic heterocycles. The van der Waals surface area contributed by atoms with Crippen molar-refractivity contribution in [2.75, 3.05) is 36.5 Å². The number of nitrogens with zero attached hydrogens (tertiary/aromatic N) is 5. The third-order valence-corrected chi connectivity index (χ3v) is 5.29. The maximum atomic E-state index is 5.92. The summed E-state index contributed by atoms with van der Waals surface area (Å²) in [6, 6.07) is 4.04. The monoisotopic (exact) mass is 384 g/mol. The summed E-state index contributed by atoms with van der Waals surface area (Å²) in [5.74, 6) is 1.39. The summed E-state index contributed by atoms with van der Waals surface area (Å²) in [6.07, 6.45) is 8.35. The van der Waals surface area contributed by atoms with Gasteiger partial charge in [0.1, 0.15) is 17.3 Å². The highest BCUT2D eigenvalue weighted by Crippen LogP contribution is 2.41. The van der Waals surface area contributed by atoms with Crippen molar-refractivity contribution in [3.63, 3.8) is 0 Å². The minimum absolute atomic E-state index is 0.422. The van der Waals surface area contributed by atoms with E-state index in [2.05, 4.69) is 43.0 Å². The first-order valence-electron chi connectivity index (χ1n) is 9.32. The Morgan fingerprint density at radius 2 is 2.00 bits per heavy atom. The van der Waals surface area contributed by atoms with Crippen molar-refractivity contribution in [2.24, 2.45) is 0 Å². The highest BCUT2D eigenvalue weighted by Gasteiger charge is 2.26. The van der Waals surface area contributed by atoms with E-state index >= 15 is 0 Å². The first-order valence-corrected chi connectivity index (χ1v) is 9.70. The lowest BCUT2D eigenvalue weighted by Gasteiger charge is -2.29. The van der Waals surface area contributed by atoms with Crippen molar-refractivity contribution in [3.8, 4) is 0 Å². The lowest BCUT2D eigenvalue weighted by molar-refractivity contribution is 0.123. The smallest absolute Gasteiger partial charge is 0.160 e. The minimum Gasteiger partial charge on any atom is -0.378 e. The van der Waals surface area contributed by atoms with Crippen LogP contribution in [0, 0.1) is 0 Å². The summed E-state index contributed by atoms with van der Waals surface area (Å²) in [5, 5.41) is 3.69. The van der Waals surface area contributed by atoms with Gasteiger partial charge in [-0.25, -0.2) is 15.0 Å². The Labute approximate surface area is 162 Å². The standard InChI is InChI=1S/C19H21ClN6O/c20-17-8-18(23-12-22-17)21-9-15-11-26-10-14(13-1-2-13)7-16(19(26)24-15)25-3-5-27-6-4-25/h7-8,10-13H,1-6,9H2,(H,21,22,23). The molecule has 140 valence electrons. The Balaban J connectivity index is 1.46. The molecule has 0 radical (unpaired) electrons. The topological polar surface area (TPSA) is 67.6 Å². The van der Waals surface area contributed by atoms with Gasteiger partial charge in [0, 0.05) is 31.5 Å². The van der Waals surface area contributed by atoms with Gasteiger partial charge in [0.05, 0.1) is 31.1 Å². The van der Waals surface area contributed by atoms with Crippen LogP contribution in [-0.2, 0) is 11.3 Å². The molecule has 1 saturated carbocycles. The molecule has 0 aromatic carbocycles. The van der Waals surface area contributed by atoms with Crippen LogP contribution in [-0.4, -0.2) is 45.7 Å². The normalized spacial score (nSPS) is 17.4. The van der Waals surface area contributed by atoms with Crippen molar-refractivity contribution >= 4 is 28.8 Å². The molecule has 4 heterocycles. The lowest BCUT2D eigenvalue weighted by Crippen LogP contribution is -2.36. The molecule has 0 atom stereocenters. The zero-order valence-electron chi connectivity index (χ0n) is 14.9. The molecular weight excluding hydrogens is 364 g/mol. The zero-order chi connectivity index (χ0) is 18.2. The number of halogens is 1. The Bertz CT molecular complexity index is 964. The van der Waals surface area contributed by atoms with Crippen LogP contribution in [0.15, 0.2) is 30.9 Å². The van der Waals surface area contributed by atoms with Crippen LogP contribution < -0.4 is 10.2 Å². The molecule has 7 nitrogen and oxygen atoms in total. The molecule has 0 bridgehead atoms. The lowest BCUT2D eigenvalue weighted by atomic mass is 10.1. The second-order valence-electron chi connectivity index (χ2n) is 7.08. The number of nitrogens with one attached hydrogen (secondary N) is 1. The molecular formula is C19H21ClN6O. The summed E-state index contributed by atoms with van der Waals surface area (Å²) in [4.78, 5) is 15.4. The number of aromatic nitrogens is 4. The quantitative estimate of drug-likeness (QED) is 0.682. The zero-order valence-corrected chi connectivity index (χ0v) is 15.7. The summed E-state index contributed by atoms with van der Waals surface area (Å²) >= 11 is 5.92. The van der Waals surface area contributed by atoms with Crippen LogP contribution in [0.25, 0.3) is 5.65 Å². The first kappa shape index (κ1) is 16.8. The molecule has 3 aromatic rings. The number of morpholine rings is 1. The minimum atomic E-state index is 0.422. The van der Waals surface area contributed by atoms with Gasteiger partial charge in [-0.05, 0) is 30.4 Å². The van der Waals surface area contributed by atoms with Crippen LogP contribution >= 0.6 is 11.6 Å². The maximum absolute atomic E-state index is 5.92. The van der Waals surface area contributed by atoms with Crippen molar-refractivity contribution in [1.29, 1.82) is 0 Å². The van der Waals surface area contributed by atoms with Crippen LogP contribution in [0.3, 0.4) is 0 Å². The Kier molecular flexibility index (Phi) is 4.33. The number of ether oxygens (including phenoxy) is 1. The van der Waals surface area contributed by atoms with Crippen LogP contribution in [0.2, 0.25) is 5.15 Å². The number of hydrogen-bond acceptors (Lipinski definition) is 6. The fourth-order valence-electron chi connectivity index (χ4n) is 3.53. The predicted octanol–water partition coefficient (Wildman–Crippen LogP) is 3.10. The van der Waals surface area contributed by atoms with Crippen molar-refractivity contribution in [3.05, 3.63) is 47.3 Å². The number of imidazole rings is 1. The molecule has 2 fully saturated rings. The van der Waals surface area contributed by atoms with E-state index < -0.39 is 0 Å². The largest absolute Gasteiger partial charge is 0.378 e. The van der Waals surface area contributed by atoms with Gasteiger partial charge in [-0.2, -0.15) is 0 Å². The van der Waals surface area contributed by atoms with E-state index in [1.807, 2.05) is 0 Å². The first-order chi connectivity index (χ1) is 13.3. The highest BCUT2D eigenvalue weighted by atomic mass is 35.5. The molecule has 0 spiro atoms. The number of rotatable bonds is 5. The van der Waals surface area contributed by atoms with Gasteiger partial charge in [-0.1, -0.05) is 11.6 Å². The van der Waals surface area contributed by atoms with E-state index in [1.165, 1.54) is 30.4 Å². The fraction of sp³-hybridized carbons (Fsp3) is 0.421. The summed E-state index contributed by atoms with van der Waals surface area (Å²) < 4.78 is 7.69. The molecule has 8 heteroatoms. The van der Waals surface area contributed by atoms with E-state index in [9.17, 15) is 0 Å². The molecule has 1 aliphatic heterocycles. The Morgan fingerprint density at radius 1 is 1.15 bits per heavy atom. The average molecular weight is 385 g/mol. The molecule has 27 heavy (non-hydrogen) atoms. The van der Waals surface area contributed by atoms with E-state index in [1.54, 1.807) is 6.07 Å². The van der Waals surface area contributed by atoms with Gasteiger partial charge in [0.15, 0.2) is 5.65 Å². The van der Waals surface area contributed by atoms with Gasteiger partial charge in [0.25, 0.3) is 0 Å². The van der Waals surface area contributed by atoms with Gasteiger partial charge < -0.3 is 19.4 Å². The molecule has 5 rings (SSSR count). The predicted molar refractivity (Wildman–Crippen MR) is 105 cm³/mol. The number of fused-ring (bicyclic) bond motifs is 1. The number of anilines is 2. The van der Waals surface area contributed by atoms with Crippen LogP contribution in [0.5, 0.6) is 0 Å². The molecule has 2 aliphatic rings. The van der Waals surface area contributed by atoms with Crippen LogP contribution in [0.1, 0.15) is 30.0 Å². The molecule has 1 aliphatic carbocycles. The van der Waals surface area contributed by atoms with E-state index in [-0.39, 0.29) is 0 Å². The second-order valence-corrected chi connectivity index (χ2v) is 7.46. The maximum Gasteiger partial charge on any atom is 0.160 e. The van der Waals surface area contributed by atoms with Crippen molar-refractivity contribution in [2.45, 2.75) is 25.3 Å². The number of pyridine rings is 1. The second kappa shape index (κ2) is 6.98. The molecule has 1 saturated heterocycles. The molecule has 1 N–H and O–H groups in total. The van der Waals surface area contributed by atoms with E-state index in [0.29, 0.717) is 23.4 Å². The Morgan fingerprint density at radius 3 is 2.78 bits per heavy atom. The summed E-state index contributed by atoms with van der Waals surface area (Å²) in [5.41, 5.74) is 4.58.